The van der Waals surface area contributed by atoms with Crippen molar-refractivity contribution in [1.82, 2.24) is 25.1 Å². The molecule has 1 aromatic heterocycles. The molecule has 0 N–H and O–H groups in total. The fourth-order valence-corrected chi connectivity index (χ4v) is 3.02. The Bertz CT molecular complexity index is 692. The van der Waals surface area contributed by atoms with E-state index in [2.05, 4.69) is 15.5 Å². The highest BCUT2D eigenvalue weighted by atomic mass is 16.5. The maximum absolute atomic E-state index is 12.5. The molecule has 1 amide bonds. The average molecular weight is 343 g/mol. The van der Waals surface area contributed by atoms with Crippen molar-refractivity contribution in [3.8, 4) is 0 Å². The Balaban J connectivity index is 1.53. The molecule has 25 heavy (non-hydrogen) atoms. The van der Waals surface area contributed by atoms with Crippen molar-refractivity contribution in [2.45, 2.75) is 45.3 Å². The highest BCUT2D eigenvalue weighted by Crippen LogP contribution is 2.16. The molecule has 0 spiro atoms. The van der Waals surface area contributed by atoms with Crippen LogP contribution in [0.4, 0.5) is 0 Å². The van der Waals surface area contributed by atoms with E-state index in [4.69, 9.17) is 4.74 Å². The van der Waals surface area contributed by atoms with E-state index in [9.17, 15) is 4.79 Å². The minimum atomic E-state index is 0.0426. The van der Waals surface area contributed by atoms with Gasteiger partial charge in [-0.25, -0.2) is 4.68 Å². The van der Waals surface area contributed by atoms with Gasteiger partial charge in [0.1, 0.15) is 5.82 Å². The van der Waals surface area contributed by atoms with Crippen LogP contribution in [0.1, 0.15) is 47.4 Å². The number of hydrogen-bond acceptors (Lipinski definition) is 5. The first-order valence-corrected chi connectivity index (χ1v) is 8.82. The summed E-state index contributed by atoms with van der Waals surface area (Å²) in [5, 5.41) is 11.4. The van der Waals surface area contributed by atoms with E-state index in [1.54, 1.807) is 9.58 Å². The minimum Gasteiger partial charge on any atom is -0.378 e. The van der Waals surface area contributed by atoms with Crippen molar-refractivity contribution < 1.29 is 9.53 Å². The number of aryl methyl sites for hydroxylation is 1. The van der Waals surface area contributed by atoms with Crippen molar-refractivity contribution in [2.75, 3.05) is 20.2 Å². The summed E-state index contributed by atoms with van der Waals surface area (Å²) < 4.78 is 7.46. The topological polar surface area (TPSA) is 73.1 Å². The van der Waals surface area contributed by atoms with Crippen LogP contribution < -0.4 is 0 Å². The fourth-order valence-electron chi connectivity index (χ4n) is 3.02. The summed E-state index contributed by atoms with van der Waals surface area (Å²) in [5.74, 6) is 0.811. The number of benzene rings is 1. The molecular weight excluding hydrogens is 318 g/mol. The zero-order valence-corrected chi connectivity index (χ0v) is 14.9. The van der Waals surface area contributed by atoms with Crippen LogP contribution in [0.3, 0.4) is 0 Å². The molecule has 0 saturated carbocycles. The number of aromatic nitrogens is 4. The first-order valence-electron chi connectivity index (χ1n) is 8.82. The molecular formula is C18H25N5O2. The Morgan fingerprint density at radius 1 is 1.32 bits per heavy atom. The van der Waals surface area contributed by atoms with E-state index in [1.165, 1.54) is 6.42 Å². The number of tetrazole rings is 1. The summed E-state index contributed by atoms with van der Waals surface area (Å²) in [4.78, 5) is 14.3. The van der Waals surface area contributed by atoms with Gasteiger partial charge in [-0.2, -0.15) is 0 Å². The molecule has 0 aliphatic carbocycles. The van der Waals surface area contributed by atoms with Gasteiger partial charge in [0.25, 0.3) is 5.91 Å². The zero-order chi connectivity index (χ0) is 17.6. The summed E-state index contributed by atoms with van der Waals surface area (Å²) >= 11 is 0. The second-order valence-electron chi connectivity index (χ2n) is 6.58. The third-order valence-electron chi connectivity index (χ3n) is 4.65. The van der Waals surface area contributed by atoms with Crippen LogP contribution in [0.15, 0.2) is 24.3 Å². The molecule has 1 aliphatic rings. The maximum atomic E-state index is 12.5. The lowest BCUT2D eigenvalue weighted by Gasteiger charge is -2.25. The summed E-state index contributed by atoms with van der Waals surface area (Å²) in [6.45, 7) is 4.03. The summed E-state index contributed by atoms with van der Waals surface area (Å²) in [5.41, 5.74) is 1.76. The van der Waals surface area contributed by atoms with Crippen LogP contribution in [0, 0.1) is 6.92 Å². The quantitative estimate of drug-likeness (QED) is 0.803. The van der Waals surface area contributed by atoms with Gasteiger partial charge in [-0.3, -0.25) is 4.79 Å². The molecule has 0 radical (unpaired) electrons. The number of ether oxygens (including phenoxy) is 1. The van der Waals surface area contributed by atoms with Crippen molar-refractivity contribution in [3.05, 3.63) is 41.2 Å². The van der Waals surface area contributed by atoms with Crippen molar-refractivity contribution in [1.29, 1.82) is 0 Å². The van der Waals surface area contributed by atoms with Gasteiger partial charge in [0.05, 0.1) is 12.6 Å². The normalized spacial score (nSPS) is 17.4. The third kappa shape index (κ3) is 4.63. The van der Waals surface area contributed by atoms with E-state index >= 15 is 0 Å². The van der Waals surface area contributed by atoms with Crippen molar-refractivity contribution in [2.24, 2.45) is 0 Å². The summed E-state index contributed by atoms with van der Waals surface area (Å²) in [7, 11) is 1.85. The first-order chi connectivity index (χ1) is 12.1. The second kappa shape index (κ2) is 8.20. The molecule has 1 aromatic carbocycles. The highest BCUT2D eigenvalue weighted by Gasteiger charge is 2.17. The smallest absolute Gasteiger partial charge is 0.253 e. The van der Waals surface area contributed by atoms with E-state index < -0.39 is 0 Å². The molecule has 1 saturated heterocycles. The summed E-state index contributed by atoms with van der Waals surface area (Å²) in [6.07, 6.45) is 4.68. The lowest BCUT2D eigenvalue weighted by Crippen LogP contribution is -2.31. The minimum absolute atomic E-state index is 0.0426. The van der Waals surface area contributed by atoms with E-state index in [1.807, 2.05) is 38.2 Å². The number of hydrogen-bond donors (Lipinski definition) is 0. The molecule has 134 valence electrons. The van der Waals surface area contributed by atoms with E-state index in [-0.39, 0.29) is 5.91 Å². The Morgan fingerprint density at radius 2 is 2.12 bits per heavy atom. The van der Waals surface area contributed by atoms with E-state index in [0.717, 1.165) is 43.8 Å². The fraction of sp³-hybridized carbons (Fsp3) is 0.556. The Hall–Kier alpha value is -2.28. The van der Waals surface area contributed by atoms with Crippen LogP contribution in [0.2, 0.25) is 0 Å². The van der Waals surface area contributed by atoms with Crippen molar-refractivity contribution in [3.63, 3.8) is 0 Å². The molecule has 1 fully saturated rings. The first kappa shape index (κ1) is 17.5. The predicted octanol–water partition coefficient (Wildman–Crippen LogP) is 2.06. The second-order valence-corrected chi connectivity index (χ2v) is 6.58. The standard InChI is InChI=1S/C18H25N5O2/c1-14-19-20-21-23(14)13-15-6-8-16(9-7-15)18(24)22(2)11-10-17-5-3-4-12-25-17/h6-9,17H,3-5,10-13H2,1-2H3/t17-/m1/s1. The molecule has 2 heterocycles. The average Bonchev–Trinajstić information content (AvgIpc) is 3.05. The van der Waals surface area contributed by atoms with Gasteiger partial charge in [0.2, 0.25) is 0 Å². The zero-order valence-electron chi connectivity index (χ0n) is 14.9. The van der Waals surface area contributed by atoms with Crippen LogP contribution in [0.25, 0.3) is 0 Å². The van der Waals surface area contributed by atoms with Gasteiger partial charge in [-0.1, -0.05) is 12.1 Å². The molecule has 1 aliphatic heterocycles. The van der Waals surface area contributed by atoms with Crippen LogP contribution in [-0.2, 0) is 11.3 Å². The molecule has 7 nitrogen and oxygen atoms in total. The number of amides is 1. The molecule has 7 heteroatoms. The molecule has 1 atom stereocenters. The number of carbonyl (C=O) groups is 1. The molecule has 2 aromatic rings. The Morgan fingerprint density at radius 3 is 2.76 bits per heavy atom. The van der Waals surface area contributed by atoms with Gasteiger partial charge >= 0.3 is 0 Å². The largest absolute Gasteiger partial charge is 0.378 e. The number of carbonyl (C=O) groups excluding carboxylic acids is 1. The van der Waals surface area contributed by atoms with Crippen LogP contribution in [0.5, 0.6) is 0 Å². The highest BCUT2D eigenvalue weighted by molar-refractivity contribution is 5.94. The summed E-state index contributed by atoms with van der Waals surface area (Å²) in [6, 6.07) is 7.63. The van der Waals surface area contributed by atoms with Gasteiger partial charge in [0, 0.05) is 25.8 Å². The monoisotopic (exact) mass is 343 g/mol. The number of rotatable bonds is 6. The maximum Gasteiger partial charge on any atom is 0.253 e. The predicted molar refractivity (Wildman–Crippen MR) is 93.3 cm³/mol. The Labute approximate surface area is 148 Å². The lowest BCUT2D eigenvalue weighted by molar-refractivity contribution is 0.00709. The van der Waals surface area contributed by atoms with Gasteiger partial charge in [-0.15, -0.1) is 5.10 Å². The van der Waals surface area contributed by atoms with Gasteiger partial charge < -0.3 is 9.64 Å². The van der Waals surface area contributed by atoms with Gasteiger partial charge in [-0.05, 0) is 60.7 Å². The molecule has 0 unspecified atom stereocenters. The van der Waals surface area contributed by atoms with Crippen molar-refractivity contribution >= 4 is 5.91 Å². The number of nitrogens with zero attached hydrogens (tertiary/aromatic N) is 5. The third-order valence-corrected chi connectivity index (χ3v) is 4.65. The molecule has 0 bridgehead atoms. The molecule has 3 rings (SSSR count). The Kier molecular flexibility index (Phi) is 5.75. The van der Waals surface area contributed by atoms with Gasteiger partial charge in [0.15, 0.2) is 0 Å². The van der Waals surface area contributed by atoms with E-state index in [0.29, 0.717) is 18.2 Å². The van der Waals surface area contributed by atoms with Crippen LogP contribution in [-0.4, -0.2) is 57.3 Å². The SMILES string of the molecule is Cc1nnnn1Cc1ccc(C(=O)N(C)CC[C@H]2CCCCO2)cc1. The van der Waals surface area contributed by atoms with Crippen LogP contribution >= 0.6 is 0 Å². The lowest BCUT2D eigenvalue weighted by atomic mass is 10.1.